The molecular formula is C20H17Cl2N5O4S. The fourth-order valence-electron chi connectivity index (χ4n) is 2.60. The maximum atomic E-state index is 12.3. The number of hydrogen-bond acceptors (Lipinski definition) is 7. The second-order valence-corrected chi connectivity index (χ2v) is 8.09. The molecule has 0 aliphatic rings. The molecule has 0 bridgehead atoms. The van der Waals surface area contributed by atoms with Crippen LogP contribution in [-0.4, -0.2) is 31.3 Å². The molecule has 3 rings (SSSR count). The molecule has 0 radical (unpaired) electrons. The molecule has 0 fully saturated rings. The number of hydrogen-bond donors (Lipinski definition) is 1. The normalized spacial score (nSPS) is 10.6. The first-order valence-electron chi connectivity index (χ1n) is 9.15. The van der Waals surface area contributed by atoms with Gasteiger partial charge in [-0.1, -0.05) is 47.1 Å². The van der Waals surface area contributed by atoms with Crippen LogP contribution in [0.15, 0.2) is 60.3 Å². The number of carbonyl (C=O) groups excluding carboxylic acids is 1. The van der Waals surface area contributed by atoms with Crippen LogP contribution in [0, 0.1) is 10.1 Å². The van der Waals surface area contributed by atoms with E-state index in [9.17, 15) is 14.9 Å². The topological polar surface area (TPSA) is 112 Å². The van der Waals surface area contributed by atoms with Crippen molar-refractivity contribution in [2.24, 2.45) is 0 Å². The first-order valence-corrected chi connectivity index (χ1v) is 10.9. The van der Waals surface area contributed by atoms with Gasteiger partial charge in [-0.05, 0) is 18.2 Å². The summed E-state index contributed by atoms with van der Waals surface area (Å²) < 4.78 is 7.48. The van der Waals surface area contributed by atoms with Gasteiger partial charge in [-0.3, -0.25) is 19.5 Å². The Kier molecular flexibility index (Phi) is 8.09. The Morgan fingerprint density at radius 2 is 2.09 bits per heavy atom. The molecule has 32 heavy (non-hydrogen) atoms. The van der Waals surface area contributed by atoms with Crippen molar-refractivity contribution < 1.29 is 14.5 Å². The molecule has 0 aliphatic heterocycles. The summed E-state index contributed by atoms with van der Waals surface area (Å²) in [5, 5.41) is 23.2. The van der Waals surface area contributed by atoms with Crippen LogP contribution < -0.4 is 10.1 Å². The largest absolute Gasteiger partial charge is 0.484 e. The molecule has 0 spiro atoms. The number of thioether (sulfide) groups is 1. The summed E-state index contributed by atoms with van der Waals surface area (Å²) in [7, 11) is 0. The van der Waals surface area contributed by atoms with Gasteiger partial charge < -0.3 is 10.1 Å². The molecule has 12 heteroatoms. The van der Waals surface area contributed by atoms with Crippen molar-refractivity contribution in [2.45, 2.75) is 18.3 Å². The van der Waals surface area contributed by atoms with Crippen LogP contribution in [0.3, 0.4) is 0 Å². The van der Waals surface area contributed by atoms with Gasteiger partial charge in [0.25, 0.3) is 5.69 Å². The number of carbonyl (C=O) groups is 1. The van der Waals surface area contributed by atoms with E-state index in [1.165, 1.54) is 30.0 Å². The smallest absolute Gasteiger partial charge is 0.271 e. The predicted octanol–water partition coefficient (Wildman–Crippen LogP) is 4.99. The average Bonchev–Trinajstić information content (AvgIpc) is 3.15. The van der Waals surface area contributed by atoms with Crippen LogP contribution in [0.25, 0.3) is 0 Å². The van der Waals surface area contributed by atoms with Crippen molar-refractivity contribution in [3.8, 4) is 5.75 Å². The number of rotatable bonds is 10. The number of nitro benzene ring substituents is 1. The van der Waals surface area contributed by atoms with E-state index in [0.29, 0.717) is 39.0 Å². The van der Waals surface area contributed by atoms with Gasteiger partial charge in [0.15, 0.2) is 11.0 Å². The van der Waals surface area contributed by atoms with E-state index in [2.05, 4.69) is 22.1 Å². The van der Waals surface area contributed by atoms with E-state index in [4.69, 9.17) is 27.9 Å². The van der Waals surface area contributed by atoms with Gasteiger partial charge in [0.05, 0.1) is 15.7 Å². The lowest BCUT2D eigenvalue weighted by Crippen LogP contribution is -2.15. The van der Waals surface area contributed by atoms with Crippen molar-refractivity contribution in [3.63, 3.8) is 0 Å². The van der Waals surface area contributed by atoms with Crippen molar-refractivity contribution in [1.82, 2.24) is 14.8 Å². The summed E-state index contributed by atoms with van der Waals surface area (Å²) in [5.74, 6) is 0.617. The van der Waals surface area contributed by atoms with Crippen LogP contribution in [0.5, 0.6) is 5.75 Å². The fraction of sp³-hybridized carbons (Fsp3) is 0.150. The maximum Gasteiger partial charge on any atom is 0.271 e. The Labute approximate surface area is 197 Å². The Morgan fingerprint density at radius 1 is 1.28 bits per heavy atom. The van der Waals surface area contributed by atoms with Gasteiger partial charge in [-0.2, -0.15) is 0 Å². The molecule has 1 N–H and O–H groups in total. The van der Waals surface area contributed by atoms with Gasteiger partial charge in [-0.25, -0.2) is 0 Å². The van der Waals surface area contributed by atoms with E-state index in [-0.39, 0.29) is 24.0 Å². The van der Waals surface area contributed by atoms with Crippen molar-refractivity contribution in [3.05, 3.63) is 81.1 Å². The maximum absolute atomic E-state index is 12.3. The fourth-order valence-corrected chi connectivity index (χ4v) is 3.70. The zero-order chi connectivity index (χ0) is 23.1. The molecule has 0 atom stereocenters. The van der Waals surface area contributed by atoms with Crippen molar-refractivity contribution >= 4 is 52.2 Å². The van der Waals surface area contributed by atoms with E-state index < -0.39 is 4.92 Å². The molecule has 0 unspecified atom stereocenters. The summed E-state index contributed by atoms with van der Waals surface area (Å²) >= 11 is 13.3. The van der Waals surface area contributed by atoms with Crippen LogP contribution in [0.2, 0.25) is 10.0 Å². The Bertz CT molecular complexity index is 1150. The Hall–Kier alpha value is -3.08. The lowest BCUT2D eigenvalue weighted by molar-refractivity contribution is -0.384. The van der Waals surface area contributed by atoms with Gasteiger partial charge in [0.2, 0.25) is 5.91 Å². The van der Waals surface area contributed by atoms with E-state index >= 15 is 0 Å². The molecule has 0 aliphatic carbocycles. The monoisotopic (exact) mass is 493 g/mol. The minimum absolute atomic E-state index is 0.0267. The number of nitro groups is 1. The predicted molar refractivity (Wildman–Crippen MR) is 123 cm³/mol. The number of benzene rings is 2. The highest BCUT2D eigenvalue weighted by atomic mass is 35.5. The third-order valence-electron chi connectivity index (χ3n) is 4.03. The van der Waals surface area contributed by atoms with Gasteiger partial charge in [0.1, 0.15) is 12.4 Å². The SMILES string of the molecule is C=CCn1c(COc2cc(Cl)ccc2Cl)nnc1SCC(=O)Nc1cccc([N+](=O)[O-])c1. The minimum Gasteiger partial charge on any atom is -0.484 e. The van der Waals surface area contributed by atoms with Gasteiger partial charge in [0, 0.05) is 35.5 Å². The number of allylic oxidation sites excluding steroid dienone is 1. The third kappa shape index (κ3) is 6.22. The highest BCUT2D eigenvalue weighted by Crippen LogP contribution is 2.28. The number of anilines is 1. The summed E-state index contributed by atoms with van der Waals surface area (Å²) in [6.45, 7) is 4.23. The summed E-state index contributed by atoms with van der Waals surface area (Å²) in [5.41, 5.74) is 0.232. The Balaban J connectivity index is 1.64. The summed E-state index contributed by atoms with van der Waals surface area (Å²) in [6, 6.07) is 10.6. The van der Waals surface area contributed by atoms with E-state index in [1.54, 1.807) is 34.9 Å². The zero-order valence-corrected chi connectivity index (χ0v) is 18.9. The Morgan fingerprint density at radius 3 is 2.84 bits per heavy atom. The number of ether oxygens (including phenoxy) is 1. The molecule has 2 aromatic carbocycles. The zero-order valence-electron chi connectivity index (χ0n) is 16.5. The lowest BCUT2D eigenvalue weighted by atomic mass is 10.3. The molecular weight excluding hydrogens is 477 g/mol. The first kappa shape index (κ1) is 23.6. The van der Waals surface area contributed by atoms with Crippen LogP contribution >= 0.6 is 35.0 Å². The van der Waals surface area contributed by atoms with Gasteiger partial charge >= 0.3 is 0 Å². The van der Waals surface area contributed by atoms with Crippen molar-refractivity contribution in [2.75, 3.05) is 11.1 Å². The quantitative estimate of drug-likeness (QED) is 0.183. The van der Waals surface area contributed by atoms with E-state index in [1.807, 2.05) is 0 Å². The molecule has 0 saturated heterocycles. The molecule has 9 nitrogen and oxygen atoms in total. The molecule has 1 heterocycles. The second kappa shape index (κ2) is 11.0. The van der Waals surface area contributed by atoms with E-state index in [0.717, 1.165) is 0 Å². The number of nitrogens with zero attached hydrogens (tertiary/aromatic N) is 4. The van der Waals surface area contributed by atoms with Crippen molar-refractivity contribution in [1.29, 1.82) is 0 Å². The molecule has 1 amide bonds. The standard InChI is InChI=1S/C20H17Cl2N5O4S/c1-2-8-26-18(11-31-17-9-13(21)6-7-16(17)22)24-25-20(26)32-12-19(28)23-14-4-3-5-15(10-14)27(29)30/h2-7,9-10H,1,8,11-12H2,(H,23,28). The van der Waals surface area contributed by atoms with Crippen LogP contribution in [-0.2, 0) is 17.9 Å². The highest BCUT2D eigenvalue weighted by Gasteiger charge is 2.15. The number of nitrogens with one attached hydrogen (secondary N) is 1. The van der Waals surface area contributed by atoms with Crippen LogP contribution in [0.4, 0.5) is 11.4 Å². The summed E-state index contributed by atoms with van der Waals surface area (Å²) in [6.07, 6.45) is 1.67. The lowest BCUT2D eigenvalue weighted by Gasteiger charge is -2.10. The van der Waals surface area contributed by atoms with Gasteiger partial charge in [-0.15, -0.1) is 16.8 Å². The number of halogens is 2. The highest BCUT2D eigenvalue weighted by molar-refractivity contribution is 7.99. The molecule has 0 saturated carbocycles. The second-order valence-electron chi connectivity index (χ2n) is 6.31. The summed E-state index contributed by atoms with van der Waals surface area (Å²) in [4.78, 5) is 22.6. The molecule has 166 valence electrons. The third-order valence-corrected chi connectivity index (χ3v) is 5.54. The molecule has 3 aromatic rings. The number of non-ortho nitro benzene ring substituents is 1. The molecule has 1 aromatic heterocycles. The first-order chi connectivity index (χ1) is 15.4. The van der Waals surface area contributed by atoms with Crippen LogP contribution in [0.1, 0.15) is 5.82 Å². The minimum atomic E-state index is -0.525. The number of amides is 1. The number of aromatic nitrogens is 3. The average molecular weight is 494 g/mol.